The molecule has 0 bridgehead atoms. The molecule has 4 nitrogen and oxygen atoms in total. The first-order chi connectivity index (χ1) is 11.4. The molecule has 3 aromatic rings. The standard InChI is InChI=1S/C16H11Cl2F2N3O/c1-8-15(14-11(19)5-10(24-2)6-12(14)20)23(16(18)22-8)9-3-4-13(17)21-7-9/h3-7H,1-2H3. The predicted octanol–water partition coefficient (Wildman–Crippen LogP) is 4.84. The average Bonchev–Trinajstić information content (AvgIpc) is 2.82. The SMILES string of the molecule is COc1cc(F)c(-c2c(C)nc(Cl)n2-c2ccc(Cl)nc2)c(F)c1. The van der Waals surface area contributed by atoms with Crippen LogP contribution in [0.25, 0.3) is 16.9 Å². The molecule has 0 saturated carbocycles. The van der Waals surface area contributed by atoms with Gasteiger partial charge in [-0.1, -0.05) is 11.6 Å². The first-order valence-corrected chi connectivity index (χ1v) is 7.58. The van der Waals surface area contributed by atoms with E-state index in [4.69, 9.17) is 27.9 Å². The van der Waals surface area contributed by atoms with Crippen molar-refractivity contribution >= 4 is 23.2 Å². The molecule has 0 amide bonds. The first-order valence-electron chi connectivity index (χ1n) is 6.82. The van der Waals surface area contributed by atoms with Crippen LogP contribution in [0.4, 0.5) is 8.78 Å². The third kappa shape index (κ3) is 2.83. The lowest BCUT2D eigenvalue weighted by Gasteiger charge is -2.12. The lowest BCUT2D eigenvalue weighted by atomic mass is 10.1. The fraction of sp³-hybridized carbons (Fsp3) is 0.125. The van der Waals surface area contributed by atoms with Gasteiger partial charge in [0.05, 0.1) is 35.9 Å². The number of aryl methyl sites for hydroxylation is 1. The lowest BCUT2D eigenvalue weighted by Crippen LogP contribution is -2.02. The Morgan fingerprint density at radius 3 is 2.33 bits per heavy atom. The van der Waals surface area contributed by atoms with Gasteiger partial charge in [0.15, 0.2) is 0 Å². The fourth-order valence-electron chi connectivity index (χ4n) is 2.42. The molecule has 2 heterocycles. The minimum Gasteiger partial charge on any atom is -0.497 e. The number of methoxy groups -OCH3 is 1. The van der Waals surface area contributed by atoms with E-state index in [9.17, 15) is 8.78 Å². The molecule has 1 aromatic carbocycles. The molecular formula is C16H11Cl2F2N3O. The van der Waals surface area contributed by atoms with Crippen LogP contribution < -0.4 is 4.74 Å². The van der Waals surface area contributed by atoms with Crippen molar-refractivity contribution in [3.63, 3.8) is 0 Å². The Kier molecular flexibility index (Phi) is 4.43. The van der Waals surface area contributed by atoms with E-state index in [1.165, 1.54) is 17.9 Å². The molecule has 0 aliphatic rings. The van der Waals surface area contributed by atoms with Crippen LogP contribution in [0.5, 0.6) is 5.75 Å². The van der Waals surface area contributed by atoms with E-state index < -0.39 is 11.6 Å². The number of halogens is 4. The van der Waals surface area contributed by atoms with Gasteiger partial charge in [0.2, 0.25) is 5.28 Å². The molecule has 0 N–H and O–H groups in total. The van der Waals surface area contributed by atoms with Crippen molar-refractivity contribution in [2.24, 2.45) is 0 Å². The van der Waals surface area contributed by atoms with E-state index >= 15 is 0 Å². The highest BCUT2D eigenvalue weighted by Crippen LogP contribution is 2.35. The van der Waals surface area contributed by atoms with Crippen molar-refractivity contribution in [1.29, 1.82) is 0 Å². The molecule has 0 aliphatic heterocycles. The summed E-state index contributed by atoms with van der Waals surface area (Å²) < 4.78 is 35.3. The molecule has 0 atom stereocenters. The van der Waals surface area contributed by atoms with Gasteiger partial charge >= 0.3 is 0 Å². The summed E-state index contributed by atoms with van der Waals surface area (Å²) >= 11 is 11.9. The molecule has 0 unspecified atom stereocenters. The third-order valence-corrected chi connectivity index (χ3v) is 3.95. The number of pyridine rings is 1. The highest BCUT2D eigenvalue weighted by Gasteiger charge is 2.23. The fourth-order valence-corrected chi connectivity index (χ4v) is 2.84. The maximum Gasteiger partial charge on any atom is 0.208 e. The Hall–Kier alpha value is -2.18. The maximum absolute atomic E-state index is 14.5. The number of nitrogens with zero attached hydrogens (tertiary/aromatic N) is 3. The zero-order valence-corrected chi connectivity index (χ0v) is 14.2. The van der Waals surface area contributed by atoms with Gasteiger partial charge in [0.1, 0.15) is 22.5 Å². The number of aromatic nitrogens is 3. The molecule has 0 fully saturated rings. The van der Waals surface area contributed by atoms with Gasteiger partial charge in [-0.05, 0) is 30.7 Å². The Morgan fingerprint density at radius 2 is 1.79 bits per heavy atom. The molecule has 0 spiro atoms. The Morgan fingerprint density at radius 1 is 1.12 bits per heavy atom. The van der Waals surface area contributed by atoms with E-state index in [0.29, 0.717) is 11.4 Å². The molecular weight excluding hydrogens is 359 g/mol. The van der Waals surface area contributed by atoms with Crippen LogP contribution in [0, 0.1) is 18.6 Å². The zero-order chi connectivity index (χ0) is 17.4. The van der Waals surface area contributed by atoms with E-state index in [2.05, 4.69) is 9.97 Å². The number of imidazole rings is 1. The Bertz CT molecular complexity index is 887. The van der Waals surface area contributed by atoms with Gasteiger partial charge in [-0.25, -0.2) is 18.7 Å². The van der Waals surface area contributed by atoms with Crippen molar-refractivity contribution in [2.75, 3.05) is 7.11 Å². The zero-order valence-electron chi connectivity index (χ0n) is 12.6. The Labute approximate surface area is 146 Å². The van der Waals surface area contributed by atoms with Crippen LogP contribution in [0.2, 0.25) is 10.4 Å². The van der Waals surface area contributed by atoms with Gasteiger partial charge < -0.3 is 4.74 Å². The second kappa shape index (κ2) is 6.37. The van der Waals surface area contributed by atoms with Crippen molar-refractivity contribution in [1.82, 2.24) is 14.5 Å². The summed E-state index contributed by atoms with van der Waals surface area (Å²) in [7, 11) is 1.33. The summed E-state index contributed by atoms with van der Waals surface area (Å²) in [5.74, 6) is -1.49. The smallest absolute Gasteiger partial charge is 0.208 e. The van der Waals surface area contributed by atoms with Crippen LogP contribution >= 0.6 is 23.2 Å². The highest BCUT2D eigenvalue weighted by atomic mass is 35.5. The second-order valence-electron chi connectivity index (χ2n) is 4.96. The van der Waals surface area contributed by atoms with Crippen molar-refractivity contribution in [3.05, 3.63) is 58.2 Å². The molecule has 0 aliphatic carbocycles. The highest BCUT2D eigenvalue weighted by molar-refractivity contribution is 6.29. The number of hydrogen-bond donors (Lipinski definition) is 0. The number of benzene rings is 1. The molecule has 24 heavy (non-hydrogen) atoms. The monoisotopic (exact) mass is 369 g/mol. The number of ether oxygens (including phenoxy) is 1. The Balaban J connectivity index is 2.28. The quantitative estimate of drug-likeness (QED) is 0.620. The van der Waals surface area contributed by atoms with Crippen LogP contribution in [-0.2, 0) is 0 Å². The number of rotatable bonds is 3. The van der Waals surface area contributed by atoms with Crippen molar-refractivity contribution in [3.8, 4) is 22.7 Å². The topological polar surface area (TPSA) is 39.9 Å². The average molecular weight is 370 g/mol. The van der Waals surface area contributed by atoms with Crippen LogP contribution in [0.15, 0.2) is 30.5 Å². The number of hydrogen-bond acceptors (Lipinski definition) is 3. The van der Waals surface area contributed by atoms with E-state index in [1.807, 2.05) is 0 Å². The van der Waals surface area contributed by atoms with Crippen LogP contribution in [0.1, 0.15) is 5.69 Å². The molecule has 124 valence electrons. The predicted molar refractivity (Wildman–Crippen MR) is 88.0 cm³/mol. The van der Waals surface area contributed by atoms with Crippen molar-refractivity contribution in [2.45, 2.75) is 6.92 Å². The lowest BCUT2D eigenvalue weighted by molar-refractivity contribution is 0.407. The van der Waals surface area contributed by atoms with Crippen molar-refractivity contribution < 1.29 is 13.5 Å². The molecule has 0 saturated heterocycles. The maximum atomic E-state index is 14.5. The van der Waals surface area contributed by atoms with Crippen LogP contribution in [0.3, 0.4) is 0 Å². The minimum atomic E-state index is -0.783. The molecule has 0 radical (unpaired) electrons. The van der Waals surface area contributed by atoms with E-state index in [-0.39, 0.29) is 27.4 Å². The summed E-state index contributed by atoms with van der Waals surface area (Å²) in [4.78, 5) is 8.08. The third-order valence-electron chi connectivity index (χ3n) is 3.47. The second-order valence-corrected chi connectivity index (χ2v) is 5.68. The first kappa shape index (κ1) is 16.7. The molecule has 2 aromatic heterocycles. The largest absolute Gasteiger partial charge is 0.497 e. The summed E-state index contributed by atoms with van der Waals surface area (Å²) in [6, 6.07) is 5.38. The minimum absolute atomic E-state index is 0.0567. The van der Waals surface area contributed by atoms with Crippen LogP contribution in [-0.4, -0.2) is 21.6 Å². The molecule has 8 heteroatoms. The summed E-state index contributed by atoms with van der Waals surface area (Å²) in [6.45, 7) is 1.62. The molecule has 3 rings (SSSR count). The van der Waals surface area contributed by atoms with E-state index in [1.54, 1.807) is 19.1 Å². The summed E-state index contributed by atoms with van der Waals surface area (Å²) in [5.41, 5.74) is 0.803. The van der Waals surface area contributed by atoms with Gasteiger partial charge in [-0.3, -0.25) is 4.57 Å². The summed E-state index contributed by atoms with van der Waals surface area (Å²) in [5, 5.41) is 0.344. The normalized spacial score (nSPS) is 10.9. The van der Waals surface area contributed by atoms with Gasteiger partial charge in [-0.15, -0.1) is 0 Å². The van der Waals surface area contributed by atoms with Gasteiger partial charge in [-0.2, -0.15) is 0 Å². The summed E-state index contributed by atoms with van der Waals surface area (Å²) in [6.07, 6.45) is 1.44. The van der Waals surface area contributed by atoms with Gasteiger partial charge in [0.25, 0.3) is 0 Å². The van der Waals surface area contributed by atoms with E-state index in [0.717, 1.165) is 12.1 Å². The van der Waals surface area contributed by atoms with Gasteiger partial charge in [0, 0.05) is 12.1 Å².